The number of nitrogens with zero attached hydrogens (tertiary/aromatic N) is 3. The molecule has 5 nitrogen and oxygen atoms in total. The van der Waals surface area contributed by atoms with Gasteiger partial charge in [-0.05, 0) is 41.8 Å². The maximum Gasteiger partial charge on any atom is 0.274 e. The predicted molar refractivity (Wildman–Crippen MR) is 89.0 cm³/mol. The average Bonchev–Trinajstić information content (AvgIpc) is 3.07. The summed E-state index contributed by atoms with van der Waals surface area (Å²) in [6.45, 7) is 7.02. The molecule has 7 heteroatoms. The van der Waals surface area contributed by atoms with Crippen molar-refractivity contribution in [1.29, 1.82) is 0 Å². The van der Waals surface area contributed by atoms with Gasteiger partial charge in [0.15, 0.2) is 0 Å². The number of halogens is 1. The first-order chi connectivity index (χ1) is 10.1. The van der Waals surface area contributed by atoms with Crippen LogP contribution in [0.1, 0.15) is 55.0 Å². The van der Waals surface area contributed by atoms with Crippen molar-refractivity contribution < 1.29 is 4.79 Å². The van der Waals surface area contributed by atoms with Crippen LogP contribution < -0.4 is 5.32 Å². The first-order valence-electron chi connectivity index (χ1n) is 7.09. The van der Waals surface area contributed by atoms with E-state index in [1.165, 1.54) is 11.3 Å². The molecule has 1 amide bonds. The highest BCUT2D eigenvalue weighted by molar-refractivity contribution is 9.10. The number of carbonyl (C=O) groups excluding carboxylic acids is 1. The van der Waals surface area contributed by atoms with E-state index in [2.05, 4.69) is 45.3 Å². The van der Waals surface area contributed by atoms with E-state index in [4.69, 9.17) is 0 Å². The SMILES string of the molecule is CCC(CC)c1nnc(NC(=O)c2cc(Br)cn2CC)s1. The molecule has 114 valence electrons. The molecule has 0 bridgehead atoms. The van der Waals surface area contributed by atoms with Crippen LogP contribution in [0.25, 0.3) is 0 Å². The smallest absolute Gasteiger partial charge is 0.274 e. The molecule has 0 aromatic carbocycles. The summed E-state index contributed by atoms with van der Waals surface area (Å²) in [5.41, 5.74) is 0.614. The second-order valence-electron chi connectivity index (χ2n) is 4.74. The van der Waals surface area contributed by atoms with E-state index in [0.29, 0.717) is 16.7 Å². The van der Waals surface area contributed by atoms with Gasteiger partial charge >= 0.3 is 0 Å². The number of hydrogen-bond donors (Lipinski definition) is 1. The van der Waals surface area contributed by atoms with Gasteiger partial charge in [-0.2, -0.15) is 0 Å². The molecule has 2 aromatic rings. The van der Waals surface area contributed by atoms with Crippen molar-refractivity contribution in [2.24, 2.45) is 0 Å². The quantitative estimate of drug-likeness (QED) is 0.825. The van der Waals surface area contributed by atoms with E-state index >= 15 is 0 Å². The Hall–Kier alpha value is -1.21. The summed E-state index contributed by atoms with van der Waals surface area (Å²) in [6.07, 6.45) is 3.96. The lowest BCUT2D eigenvalue weighted by atomic mass is 10.1. The first kappa shape index (κ1) is 16.2. The Morgan fingerprint density at radius 1 is 1.38 bits per heavy atom. The number of hydrogen-bond acceptors (Lipinski definition) is 4. The van der Waals surface area contributed by atoms with E-state index in [9.17, 15) is 4.79 Å². The van der Waals surface area contributed by atoms with Crippen molar-refractivity contribution in [3.05, 3.63) is 27.4 Å². The molecule has 2 heterocycles. The molecule has 0 aliphatic heterocycles. The Morgan fingerprint density at radius 3 is 2.71 bits per heavy atom. The van der Waals surface area contributed by atoms with Gasteiger partial charge in [0.25, 0.3) is 5.91 Å². The normalized spacial score (nSPS) is 11.1. The zero-order chi connectivity index (χ0) is 15.4. The van der Waals surface area contributed by atoms with E-state index in [1.807, 2.05) is 23.8 Å². The third-order valence-electron chi connectivity index (χ3n) is 3.43. The Bertz CT molecular complexity index is 618. The standard InChI is InChI=1S/C14H19BrN4OS/c1-4-9(5-2)13-17-18-14(21-13)16-12(20)11-7-10(15)8-19(11)6-3/h7-9H,4-6H2,1-3H3,(H,16,18,20). The third-order valence-corrected chi connectivity index (χ3v) is 4.87. The number of rotatable bonds is 6. The highest BCUT2D eigenvalue weighted by Crippen LogP contribution is 2.28. The molecule has 0 fully saturated rings. The summed E-state index contributed by atoms with van der Waals surface area (Å²) >= 11 is 4.85. The van der Waals surface area contributed by atoms with Crippen molar-refractivity contribution in [2.75, 3.05) is 5.32 Å². The number of anilines is 1. The summed E-state index contributed by atoms with van der Waals surface area (Å²) in [7, 11) is 0. The molecule has 0 aliphatic carbocycles. The molecule has 0 aliphatic rings. The third kappa shape index (κ3) is 3.71. The Balaban J connectivity index is 2.12. The molecular formula is C14H19BrN4OS. The lowest BCUT2D eigenvalue weighted by Crippen LogP contribution is -2.16. The van der Waals surface area contributed by atoms with Crippen LogP contribution in [0.4, 0.5) is 5.13 Å². The summed E-state index contributed by atoms with van der Waals surface area (Å²) in [4.78, 5) is 12.3. The van der Waals surface area contributed by atoms with Crippen LogP contribution in [0.15, 0.2) is 16.7 Å². The van der Waals surface area contributed by atoms with Gasteiger partial charge in [0.2, 0.25) is 5.13 Å². The van der Waals surface area contributed by atoms with Gasteiger partial charge in [-0.3, -0.25) is 10.1 Å². The molecule has 0 unspecified atom stereocenters. The molecule has 21 heavy (non-hydrogen) atoms. The summed E-state index contributed by atoms with van der Waals surface area (Å²) in [5.74, 6) is 0.261. The lowest BCUT2D eigenvalue weighted by molar-refractivity contribution is 0.101. The summed E-state index contributed by atoms with van der Waals surface area (Å²) < 4.78 is 2.78. The van der Waals surface area contributed by atoms with Gasteiger partial charge < -0.3 is 4.57 Å². The number of amides is 1. The van der Waals surface area contributed by atoms with Crippen molar-refractivity contribution >= 4 is 38.3 Å². The minimum absolute atomic E-state index is 0.158. The van der Waals surface area contributed by atoms with Gasteiger partial charge in [0, 0.05) is 23.1 Å². The van der Waals surface area contributed by atoms with Crippen LogP contribution in [0.2, 0.25) is 0 Å². The highest BCUT2D eigenvalue weighted by Gasteiger charge is 2.17. The number of aromatic nitrogens is 3. The van der Waals surface area contributed by atoms with E-state index in [0.717, 1.165) is 28.9 Å². The fraction of sp³-hybridized carbons (Fsp3) is 0.500. The molecule has 0 radical (unpaired) electrons. The Labute approximate surface area is 136 Å². The molecule has 0 saturated heterocycles. The van der Waals surface area contributed by atoms with Crippen LogP contribution in [-0.2, 0) is 6.54 Å². The predicted octanol–water partition coefficient (Wildman–Crippen LogP) is 4.28. The van der Waals surface area contributed by atoms with Crippen LogP contribution in [-0.4, -0.2) is 20.7 Å². The average molecular weight is 371 g/mol. The summed E-state index contributed by atoms with van der Waals surface area (Å²) in [5, 5.41) is 12.6. The molecule has 0 atom stereocenters. The number of aryl methyl sites for hydroxylation is 1. The van der Waals surface area contributed by atoms with Crippen molar-refractivity contribution in [1.82, 2.24) is 14.8 Å². The van der Waals surface area contributed by atoms with Gasteiger partial charge in [0.1, 0.15) is 10.7 Å². The van der Waals surface area contributed by atoms with Crippen molar-refractivity contribution in [3.63, 3.8) is 0 Å². The first-order valence-corrected chi connectivity index (χ1v) is 8.70. The molecule has 2 rings (SSSR count). The second kappa shape index (κ2) is 7.17. The molecule has 1 N–H and O–H groups in total. The van der Waals surface area contributed by atoms with Crippen LogP contribution in [0.5, 0.6) is 0 Å². The Morgan fingerprint density at radius 2 is 2.10 bits per heavy atom. The monoisotopic (exact) mass is 370 g/mol. The Kier molecular flexibility index (Phi) is 5.52. The van der Waals surface area contributed by atoms with Gasteiger partial charge in [-0.15, -0.1) is 10.2 Å². The van der Waals surface area contributed by atoms with Gasteiger partial charge in [-0.1, -0.05) is 25.2 Å². The molecule has 0 spiro atoms. The van der Waals surface area contributed by atoms with Gasteiger partial charge in [-0.25, -0.2) is 0 Å². The van der Waals surface area contributed by atoms with E-state index < -0.39 is 0 Å². The topological polar surface area (TPSA) is 59.8 Å². The number of nitrogens with one attached hydrogen (secondary N) is 1. The fourth-order valence-corrected chi connectivity index (χ4v) is 3.65. The minimum atomic E-state index is -0.158. The van der Waals surface area contributed by atoms with Crippen LogP contribution >= 0.6 is 27.3 Å². The van der Waals surface area contributed by atoms with E-state index in [-0.39, 0.29) is 5.91 Å². The van der Waals surface area contributed by atoms with Crippen LogP contribution in [0.3, 0.4) is 0 Å². The largest absolute Gasteiger partial charge is 0.343 e. The molecule has 0 saturated carbocycles. The lowest BCUT2D eigenvalue weighted by Gasteiger charge is -2.06. The zero-order valence-electron chi connectivity index (χ0n) is 12.4. The molecular weight excluding hydrogens is 352 g/mol. The van der Waals surface area contributed by atoms with Crippen LogP contribution in [0, 0.1) is 0 Å². The number of carbonyl (C=O) groups is 1. The fourth-order valence-electron chi connectivity index (χ4n) is 2.18. The minimum Gasteiger partial charge on any atom is -0.343 e. The zero-order valence-corrected chi connectivity index (χ0v) is 14.8. The second-order valence-corrected chi connectivity index (χ2v) is 6.67. The van der Waals surface area contributed by atoms with E-state index in [1.54, 1.807) is 0 Å². The van der Waals surface area contributed by atoms with Crippen molar-refractivity contribution in [3.8, 4) is 0 Å². The highest BCUT2D eigenvalue weighted by atomic mass is 79.9. The van der Waals surface area contributed by atoms with Gasteiger partial charge in [0.05, 0.1) is 0 Å². The van der Waals surface area contributed by atoms with Crippen molar-refractivity contribution in [2.45, 2.75) is 46.1 Å². The molecule has 2 aromatic heterocycles. The maximum absolute atomic E-state index is 12.3. The maximum atomic E-state index is 12.3. The summed E-state index contributed by atoms with van der Waals surface area (Å²) in [6, 6.07) is 1.81.